The van der Waals surface area contributed by atoms with Gasteiger partial charge in [0.25, 0.3) is 0 Å². The summed E-state index contributed by atoms with van der Waals surface area (Å²) < 4.78 is 10.4. The van der Waals surface area contributed by atoms with Crippen LogP contribution in [-0.4, -0.2) is 18.1 Å². The first-order valence-electron chi connectivity index (χ1n) is 5.96. The van der Waals surface area contributed by atoms with Gasteiger partial charge in [-0.25, -0.2) is 0 Å². The number of para-hydroxylation sites is 1. The van der Waals surface area contributed by atoms with Gasteiger partial charge in [-0.15, -0.1) is 0 Å². The van der Waals surface area contributed by atoms with Gasteiger partial charge < -0.3 is 9.47 Å². The van der Waals surface area contributed by atoms with Crippen LogP contribution in [0, 0.1) is 0 Å². The SMILES string of the molecule is COC(=O)Cc1ccccc1OCc1cccnc1. The molecule has 2 aromatic rings. The van der Waals surface area contributed by atoms with Gasteiger partial charge >= 0.3 is 5.97 Å². The quantitative estimate of drug-likeness (QED) is 0.772. The highest BCUT2D eigenvalue weighted by atomic mass is 16.5. The van der Waals surface area contributed by atoms with E-state index in [0.29, 0.717) is 12.4 Å². The molecule has 1 aromatic carbocycles. The van der Waals surface area contributed by atoms with Crippen molar-refractivity contribution >= 4 is 5.97 Å². The predicted octanol–water partition coefficient (Wildman–Crippen LogP) is 2.38. The van der Waals surface area contributed by atoms with Crippen LogP contribution in [0.2, 0.25) is 0 Å². The maximum absolute atomic E-state index is 11.3. The molecule has 0 atom stereocenters. The molecule has 0 fully saturated rings. The summed E-state index contributed by atoms with van der Waals surface area (Å²) in [6.07, 6.45) is 3.68. The van der Waals surface area contributed by atoms with Gasteiger partial charge in [-0.05, 0) is 12.1 Å². The van der Waals surface area contributed by atoms with E-state index in [2.05, 4.69) is 9.72 Å². The average molecular weight is 257 g/mol. The van der Waals surface area contributed by atoms with Gasteiger partial charge in [-0.2, -0.15) is 0 Å². The van der Waals surface area contributed by atoms with Gasteiger partial charge in [0.15, 0.2) is 0 Å². The standard InChI is InChI=1S/C15H15NO3/c1-18-15(17)9-13-6-2-3-7-14(13)19-11-12-5-4-8-16-10-12/h2-8,10H,9,11H2,1H3. The molecule has 0 aliphatic rings. The van der Waals surface area contributed by atoms with E-state index >= 15 is 0 Å². The second kappa shape index (κ2) is 6.54. The molecule has 0 saturated heterocycles. The third-order valence-electron chi connectivity index (χ3n) is 2.65. The van der Waals surface area contributed by atoms with Gasteiger partial charge in [-0.3, -0.25) is 9.78 Å². The molecule has 4 heteroatoms. The van der Waals surface area contributed by atoms with E-state index in [1.54, 1.807) is 12.4 Å². The predicted molar refractivity (Wildman–Crippen MR) is 70.7 cm³/mol. The zero-order valence-electron chi connectivity index (χ0n) is 10.7. The van der Waals surface area contributed by atoms with Crippen LogP contribution in [0.1, 0.15) is 11.1 Å². The Morgan fingerprint density at radius 2 is 2.05 bits per heavy atom. The summed E-state index contributed by atoms with van der Waals surface area (Å²) in [5, 5.41) is 0. The number of hydrogen-bond donors (Lipinski definition) is 0. The number of rotatable bonds is 5. The molecule has 0 unspecified atom stereocenters. The summed E-state index contributed by atoms with van der Waals surface area (Å²) in [7, 11) is 1.38. The molecule has 1 heterocycles. The molecule has 2 rings (SSSR count). The van der Waals surface area contributed by atoms with Gasteiger partial charge in [0.1, 0.15) is 12.4 Å². The van der Waals surface area contributed by atoms with Crippen molar-refractivity contribution in [2.24, 2.45) is 0 Å². The summed E-state index contributed by atoms with van der Waals surface area (Å²) in [6.45, 7) is 0.423. The zero-order chi connectivity index (χ0) is 13.5. The lowest BCUT2D eigenvalue weighted by Crippen LogP contribution is -2.06. The Labute approximate surface area is 112 Å². The largest absolute Gasteiger partial charge is 0.489 e. The first-order valence-corrected chi connectivity index (χ1v) is 5.96. The van der Waals surface area contributed by atoms with Gasteiger partial charge in [0.2, 0.25) is 0 Å². The van der Waals surface area contributed by atoms with E-state index < -0.39 is 0 Å². The van der Waals surface area contributed by atoms with Gasteiger partial charge in [0.05, 0.1) is 13.5 Å². The Bertz CT molecular complexity index is 540. The van der Waals surface area contributed by atoms with E-state index in [9.17, 15) is 4.79 Å². The first-order chi connectivity index (χ1) is 9.29. The number of aromatic nitrogens is 1. The van der Waals surface area contributed by atoms with Crippen LogP contribution in [0.3, 0.4) is 0 Å². The summed E-state index contributed by atoms with van der Waals surface area (Å²) in [5.74, 6) is 0.411. The van der Waals surface area contributed by atoms with Gasteiger partial charge in [0, 0.05) is 23.5 Å². The normalized spacial score (nSPS) is 9.95. The first kappa shape index (κ1) is 13.1. The number of nitrogens with zero attached hydrogens (tertiary/aromatic N) is 1. The smallest absolute Gasteiger partial charge is 0.310 e. The van der Waals surface area contributed by atoms with E-state index in [1.807, 2.05) is 36.4 Å². The lowest BCUT2D eigenvalue weighted by atomic mass is 10.1. The molecule has 19 heavy (non-hydrogen) atoms. The Morgan fingerprint density at radius 3 is 2.79 bits per heavy atom. The van der Waals surface area contributed by atoms with Crippen molar-refractivity contribution < 1.29 is 14.3 Å². The second-order valence-corrected chi connectivity index (χ2v) is 4.01. The molecule has 0 aliphatic carbocycles. The van der Waals surface area contributed by atoms with Crippen molar-refractivity contribution in [3.8, 4) is 5.75 Å². The Hall–Kier alpha value is -2.36. The van der Waals surface area contributed by atoms with Crippen LogP contribution in [0.5, 0.6) is 5.75 Å². The Kier molecular flexibility index (Phi) is 4.50. The van der Waals surface area contributed by atoms with E-state index in [4.69, 9.17) is 4.74 Å². The Morgan fingerprint density at radius 1 is 1.21 bits per heavy atom. The monoisotopic (exact) mass is 257 g/mol. The number of benzene rings is 1. The number of ether oxygens (including phenoxy) is 2. The molecule has 0 N–H and O–H groups in total. The molecule has 1 aromatic heterocycles. The van der Waals surface area contributed by atoms with Crippen molar-refractivity contribution in [3.63, 3.8) is 0 Å². The molecule has 4 nitrogen and oxygen atoms in total. The molecule has 0 saturated carbocycles. The maximum Gasteiger partial charge on any atom is 0.310 e. The second-order valence-electron chi connectivity index (χ2n) is 4.01. The molecular formula is C15H15NO3. The summed E-state index contributed by atoms with van der Waals surface area (Å²) >= 11 is 0. The minimum atomic E-state index is -0.280. The minimum absolute atomic E-state index is 0.208. The molecular weight excluding hydrogens is 242 g/mol. The zero-order valence-corrected chi connectivity index (χ0v) is 10.7. The van der Waals surface area contributed by atoms with E-state index in [0.717, 1.165) is 11.1 Å². The number of carbonyl (C=O) groups is 1. The number of hydrogen-bond acceptors (Lipinski definition) is 4. The van der Waals surface area contributed by atoms with E-state index in [-0.39, 0.29) is 12.4 Å². The van der Waals surface area contributed by atoms with E-state index in [1.165, 1.54) is 7.11 Å². The molecule has 98 valence electrons. The van der Waals surface area contributed by atoms with Gasteiger partial charge in [-0.1, -0.05) is 24.3 Å². The van der Waals surface area contributed by atoms with Crippen LogP contribution in [0.4, 0.5) is 0 Å². The average Bonchev–Trinajstić information content (AvgIpc) is 2.47. The highest BCUT2D eigenvalue weighted by Gasteiger charge is 2.08. The third kappa shape index (κ3) is 3.81. The van der Waals surface area contributed by atoms with Crippen LogP contribution < -0.4 is 4.74 Å². The summed E-state index contributed by atoms with van der Waals surface area (Å²) in [5.41, 5.74) is 1.80. The van der Waals surface area contributed by atoms with Crippen molar-refractivity contribution in [1.82, 2.24) is 4.98 Å². The number of methoxy groups -OCH3 is 1. The third-order valence-corrected chi connectivity index (χ3v) is 2.65. The summed E-state index contributed by atoms with van der Waals surface area (Å²) in [6, 6.07) is 11.2. The fraction of sp³-hybridized carbons (Fsp3) is 0.200. The number of carbonyl (C=O) groups excluding carboxylic acids is 1. The lowest BCUT2D eigenvalue weighted by molar-refractivity contribution is -0.139. The highest BCUT2D eigenvalue weighted by Crippen LogP contribution is 2.20. The lowest BCUT2D eigenvalue weighted by Gasteiger charge is -2.10. The Balaban J connectivity index is 2.05. The van der Waals surface area contributed by atoms with Crippen LogP contribution in [-0.2, 0) is 22.6 Å². The van der Waals surface area contributed by atoms with Crippen LogP contribution in [0.25, 0.3) is 0 Å². The minimum Gasteiger partial charge on any atom is -0.489 e. The summed E-state index contributed by atoms with van der Waals surface area (Å²) in [4.78, 5) is 15.3. The van der Waals surface area contributed by atoms with Crippen molar-refractivity contribution in [2.75, 3.05) is 7.11 Å². The number of pyridine rings is 1. The van der Waals surface area contributed by atoms with Crippen LogP contribution in [0.15, 0.2) is 48.8 Å². The molecule has 0 radical (unpaired) electrons. The number of esters is 1. The molecule has 0 bridgehead atoms. The topological polar surface area (TPSA) is 48.4 Å². The fourth-order valence-corrected chi connectivity index (χ4v) is 1.66. The molecule has 0 aliphatic heterocycles. The van der Waals surface area contributed by atoms with Crippen molar-refractivity contribution in [3.05, 3.63) is 59.9 Å². The molecule has 0 spiro atoms. The van der Waals surface area contributed by atoms with Crippen LogP contribution >= 0.6 is 0 Å². The molecule has 0 amide bonds. The van der Waals surface area contributed by atoms with Crippen molar-refractivity contribution in [2.45, 2.75) is 13.0 Å². The fourth-order valence-electron chi connectivity index (χ4n) is 1.66. The highest BCUT2D eigenvalue weighted by molar-refractivity contribution is 5.73. The maximum atomic E-state index is 11.3. The van der Waals surface area contributed by atoms with Crippen molar-refractivity contribution in [1.29, 1.82) is 0 Å².